The van der Waals surface area contributed by atoms with E-state index >= 15 is 0 Å². The Bertz CT molecular complexity index is 1340. The molecule has 0 bridgehead atoms. The van der Waals surface area contributed by atoms with Crippen molar-refractivity contribution in [3.8, 4) is 5.75 Å². The van der Waals surface area contributed by atoms with E-state index in [0.717, 1.165) is 42.0 Å². The Hall–Kier alpha value is -3.45. The Morgan fingerprint density at radius 2 is 1.74 bits per heavy atom. The van der Waals surface area contributed by atoms with Crippen LogP contribution in [0.25, 0.3) is 6.08 Å². The number of carbonyl (C=O) groups is 1. The first-order valence-corrected chi connectivity index (χ1v) is 14.1. The van der Waals surface area contributed by atoms with Gasteiger partial charge in [0.25, 0.3) is 0 Å². The number of carbonyl (C=O) groups excluding carboxylic acids is 1. The van der Waals surface area contributed by atoms with Crippen LogP contribution >= 0.6 is 0 Å². The number of hydrogen-bond acceptors (Lipinski definition) is 5. The van der Waals surface area contributed by atoms with Gasteiger partial charge in [-0.1, -0.05) is 48.5 Å². The Balaban J connectivity index is 1.49. The Labute approximate surface area is 232 Å². The molecule has 2 aliphatic rings. The molecule has 0 spiro atoms. The molecule has 2 aliphatic heterocycles. The predicted octanol–water partition coefficient (Wildman–Crippen LogP) is 6.54. The van der Waals surface area contributed by atoms with E-state index < -0.39 is 0 Å². The molecule has 1 unspecified atom stereocenters. The molecule has 6 nitrogen and oxygen atoms in total. The van der Waals surface area contributed by atoms with Crippen molar-refractivity contribution in [3.63, 3.8) is 0 Å². The third kappa shape index (κ3) is 5.24. The summed E-state index contributed by atoms with van der Waals surface area (Å²) in [5.41, 5.74) is 5.53. The van der Waals surface area contributed by atoms with Gasteiger partial charge in [0.15, 0.2) is 5.69 Å². The summed E-state index contributed by atoms with van der Waals surface area (Å²) in [7, 11) is 0. The molecule has 3 aromatic carbocycles. The van der Waals surface area contributed by atoms with Crippen LogP contribution < -0.4 is 4.48 Å². The first kappa shape index (κ1) is 27.1. The predicted molar refractivity (Wildman–Crippen MR) is 157 cm³/mol. The number of phenolic OH excluding ortho intramolecular Hbond substituents is 1. The zero-order chi connectivity index (χ0) is 27.6. The highest BCUT2D eigenvalue weighted by molar-refractivity contribution is 5.92. The highest BCUT2D eigenvalue weighted by Crippen LogP contribution is 2.41. The fourth-order valence-electron chi connectivity index (χ4n) is 6.22. The maximum absolute atomic E-state index is 13.0. The molecule has 4 atom stereocenters. The Kier molecular flexibility index (Phi) is 7.89. The van der Waals surface area contributed by atoms with Crippen LogP contribution in [0.5, 0.6) is 5.75 Å². The van der Waals surface area contributed by atoms with Gasteiger partial charge in [-0.2, -0.15) is 9.28 Å². The summed E-state index contributed by atoms with van der Waals surface area (Å²) >= 11 is 0. The fraction of sp³-hybridized carbons (Fsp3) is 0.364. The van der Waals surface area contributed by atoms with Crippen LogP contribution in [0.1, 0.15) is 56.0 Å². The largest absolute Gasteiger partial charge is 0.525 e. The number of rotatable bonds is 7. The minimum absolute atomic E-state index is 0.0288. The standard InChI is InChI=1S/C33H39N3O3/c1-5-36(33(38)39-6-2)18-17-27-19-29(15-16-31(27)36)32(28-13-10-14-30(37)20-28)35-22-24(3)34(21-25(35)4)23-26-11-8-7-9-12-26/h7-20,24-25,32H,5-6,21-23H2,1-4H3/p+1/t24-,25+,32+,36?/m1/s1. The number of fused-ring (bicyclic) bond motifs is 1. The Morgan fingerprint density at radius 1 is 0.974 bits per heavy atom. The Morgan fingerprint density at radius 3 is 2.46 bits per heavy atom. The molecule has 1 amide bonds. The lowest BCUT2D eigenvalue weighted by atomic mass is 9.92. The van der Waals surface area contributed by atoms with Crippen LogP contribution in [0.15, 0.2) is 79.0 Å². The van der Waals surface area contributed by atoms with E-state index in [1.54, 1.807) is 6.07 Å². The molecule has 1 saturated heterocycles. The third-order valence-corrected chi connectivity index (χ3v) is 8.31. The normalized spacial score (nSPS) is 23.9. The van der Waals surface area contributed by atoms with Crippen LogP contribution in [0.3, 0.4) is 0 Å². The van der Waals surface area contributed by atoms with Crippen LogP contribution in [-0.4, -0.2) is 59.3 Å². The summed E-state index contributed by atoms with van der Waals surface area (Å²) in [6.45, 7) is 12.2. The maximum atomic E-state index is 13.0. The minimum Gasteiger partial charge on any atom is -0.508 e. The SMILES string of the molecule is CCOC(=O)[N+]1(CC)C=Cc2cc([C@H](c3cccc(O)c3)N3C[C@@H](C)N(Cc4ccccc4)C[C@@H]3C)ccc21. The molecule has 6 heteroatoms. The van der Waals surface area contributed by atoms with Gasteiger partial charge in [-0.25, -0.2) is 0 Å². The van der Waals surface area contributed by atoms with Crippen molar-refractivity contribution in [2.75, 3.05) is 26.2 Å². The zero-order valence-electron chi connectivity index (χ0n) is 23.5. The fourth-order valence-corrected chi connectivity index (χ4v) is 6.22. The molecule has 3 aromatic rings. The zero-order valence-corrected chi connectivity index (χ0v) is 23.5. The second-order valence-corrected chi connectivity index (χ2v) is 10.8. The summed E-state index contributed by atoms with van der Waals surface area (Å²) in [6, 6.07) is 25.4. The van der Waals surface area contributed by atoms with Gasteiger partial charge >= 0.3 is 6.09 Å². The quantitative estimate of drug-likeness (QED) is 0.354. The lowest BCUT2D eigenvalue weighted by Crippen LogP contribution is -2.56. The lowest BCUT2D eigenvalue weighted by Gasteiger charge is -2.47. The van der Waals surface area contributed by atoms with Crippen molar-refractivity contribution in [2.45, 2.75) is 52.4 Å². The molecule has 1 fully saturated rings. The molecule has 0 radical (unpaired) electrons. The molecule has 39 heavy (non-hydrogen) atoms. The molecule has 5 rings (SSSR count). The average molecular weight is 527 g/mol. The number of quaternary nitrogens is 1. The lowest BCUT2D eigenvalue weighted by molar-refractivity contribution is 0.0195. The van der Waals surface area contributed by atoms with Gasteiger partial charge in [0, 0.05) is 49.4 Å². The van der Waals surface area contributed by atoms with Crippen LogP contribution in [0.2, 0.25) is 0 Å². The van der Waals surface area contributed by atoms with E-state index in [9.17, 15) is 9.90 Å². The number of benzene rings is 3. The van der Waals surface area contributed by atoms with E-state index in [4.69, 9.17) is 4.74 Å². The van der Waals surface area contributed by atoms with Crippen molar-refractivity contribution in [1.82, 2.24) is 14.3 Å². The van der Waals surface area contributed by atoms with Gasteiger partial charge < -0.3 is 9.84 Å². The number of piperazine rings is 1. The molecule has 0 aromatic heterocycles. The summed E-state index contributed by atoms with van der Waals surface area (Å²) in [5, 5.41) is 10.4. The van der Waals surface area contributed by atoms with E-state index in [-0.39, 0.29) is 22.4 Å². The van der Waals surface area contributed by atoms with E-state index in [0.29, 0.717) is 25.2 Å². The molecular formula is C33H40N3O3+. The number of hydrogen-bond donors (Lipinski definition) is 1. The van der Waals surface area contributed by atoms with Gasteiger partial charge in [-0.3, -0.25) is 9.80 Å². The summed E-state index contributed by atoms with van der Waals surface area (Å²) < 4.78 is 5.53. The van der Waals surface area contributed by atoms with Gasteiger partial charge in [0.2, 0.25) is 0 Å². The maximum Gasteiger partial charge on any atom is 0.525 e. The van der Waals surface area contributed by atoms with Crippen molar-refractivity contribution < 1.29 is 14.6 Å². The van der Waals surface area contributed by atoms with Crippen molar-refractivity contribution in [1.29, 1.82) is 0 Å². The van der Waals surface area contributed by atoms with E-state index in [1.165, 1.54) is 5.56 Å². The van der Waals surface area contributed by atoms with Gasteiger partial charge in [0.1, 0.15) is 11.9 Å². The van der Waals surface area contributed by atoms with Crippen molar-refractivity contribution >= 4 is 17.9 Å². The summed E-state index contributed by atoms with van der Waals surface area (Å²) in [5.74, 6) is 0.269. The second kappa shape index (κ2) is 11.3. The molecule has 204 valence electrons. The van der Waals surface area contributed by atoms with Crippen LogP contribution in [0, 0.1) is 0 Å². The topological polar surface area (TPSA) is 53.0 Å². The van der Waals surface area contributed by atoms with Gasteiger partial charge in [0.05, 0.1) is 19.2 Å². The minimum atomic E-state index is -0.246. The van der Waals surface area contributed by atoms with Gasteiger partial charge in [-0.05, 0) is 62.6 Å². The van der Waals surface area contributed by atoms with Gasteiger partial charge in [-0.15, -0.1) is 0 Å². The number of amides is 1. The number of aromatic hydroxyl groups is 1. The second-order valence-electron chi connectivity index (χ2n) is 10.8. The molecule has 0 aliphatic carbocycles. The molecular weight excluding hydrogens is 486 g/mol. The van der Waals surface area contributed by atoms with Crippen molar-refractivity contribution in [2.24, 2.45) is 0 Å². The van der Waals surface area contributed by atoms with Crippen LogP contribution in [-0.2, 0) is 11.3 Å². The highest BCUT2D eigenvalue weighted by Gasteiger charge is 2.43. The molecule has 2 heterocycles. The number of nitrogens with zero attached hydrogens (tertiary/aromatic N) is 3. The van der Waals surface area contributed by atoms with E-state index in [2.05, 4.69) is 78.2 Å². The first-order chi connectivity index (χ1) is 18.9. The summed E-state index contributed by atoms with van der Waals surface area (Å²) in [4.78, 5) is 18.1. The van der Waals surface area contributed by atoms with Crippen LogP contribution in [0.4, 0.5) is 10.5 Å². The number of phenols is 1. The first-order valence-electron chi connectivity index (χ1n) is 14.1. The number of ether oxygens (including phenoxy) is 1. The molecule has 0 saturated carbocycles. The smallest absolute Gasteiger partial charge is 0.508 e. The van der Waals surface area contributed by atoms with Crippen molar-refractivity contribution in [3.05, 3.63) is 101 Å². The average Bonchev–Trinajstić information content (AvgIpc) is 3.31. The highest BCUT2D eigenvalue weighted by atomic mass is 16.6. The van der Waals surface area contributed by atoms with E-state index in [1.807, 2.05) is 38.3 Å². The monoisotopic (exact) mass is 526 g/mol. The third-order valence-electron chi connectivity index (χ3n) is 8.31. The summed E-state index contributed by atoms with van der Waals surface area (Å²) in [6.07, 6.45) is 3.75. The molecule has 1 N–H and O–H groups in total.